The summed E-state index contributed by atoms with van der Waals surface area (Å²) in [6, 6.07) is 14.2. The van der Waals surface area contributed by atoms with E-state index < -0.39 is 10.0 Å². The van der Waals surface area contributed by atoms with Gasteiger partial charge in [0, 0.05) is 22.7 Å². The Kier molecular flexibility index (Phi) is 6.50. The molecule has 0 unspecified atom stereocenters. The van der Waals surface area contributed by atoms with Crippen molar-refractivity contribution in [2.45, 2.75) is 18.7 Å². The molecular formula is C18H22N2O3S2. The molecule has 2 aromatic carbocycles. The number of rotatable bonds is 7. The third kappa shape index (κ3) is 4.76. The number of carbonyl (C=O) groups excluding carboxylic acids is 1. The fourth-order valence-electron chi connectivity index (χ4n) is 2.38. The first-order chi connectivity index (χ1) is 11.9. The highest BCUT2D eigenvalue weighted by Crippen LogP contribution is 2.21. The number of nitrogens with zero attached hydrogens (tertiary/aromatic N) is 1. The van der Waals surface area contributed by atoms with Crippen LogP contribution < -0.4 is 9.62 Å². The molecule has 0 saturated carbocycles. The van der Waals surface area contributed by atoms with E-state index in [9.17, 15) is 13.2 Å². The maximum absolute atomic E-state index is 12.4. The van der Waals surface area contributed by atoms with Crippen molar-refractivity contribution in [2.75, 3.05) is 28.2 Å². The molecule has 0 atom stereocenters. The molecule has 2 rings (SSSR count). The van der Waals surface area contributed by atoms with Gasteiger partial charge < -0.3 is 5.32 Å². The SMILES string of the molecule is CCN(c1ccc(C(=O)Nc2cccc(SC)c2)cc1)S(=O)(=O)CC. The van der Waals surface area contributed by atoms with E-state index in [0.29, 0.717) is 17.8 Å². The minimum atomic E-state index is -3.32. The molecule has 1 amide bonds. The Bertz CT molecular complexity index is 834. The van der Waals surface area contributed by atoms with Crippen LogP contribution in [0.25, 0.3) is 0 Å². The lowest BCUT2D eigenvalue weighted by Crippen LogP contribution is -2.32. The Morgan fingerprint density at radius 3 is 2.36 bits per heavy atom. The molecule has 0 heterocycles. The lowest BCUT2D eigenvalue weighted by molar-refractivity contribution is 0.102. The first-order valence-electron chi connectivity index (χ1n) is 7.97. The maximum atomic E-state index is 12.4. The van der Waals surface area contributed by atoms with Gasteiger partial charge in [0.2, 0.25) is 10.0 Å². The van der Waals surface area contributed by atoms with Gasteiger partial charge in [0.15, 0.2) is 0 Å². The van der Waals surface area contributed by atoms with Crippen LogP contribution in [-0.2, 0) is 10.0 Å². The summed E-state index contributed by atoms with van der Waals surface area (Å²) in [6.07, 6.45) is 1.98. The van der Waals surface area contributed by atoms with Gasteiger partial charge in [-0.1, -0.05) is 6.07 Å². The largest absolute Gasteiger partial charge is 0.322 e. The second-order valence-electron chi connectivity index (χ2n) is 5.30. The highest BCUT2D eigenvalue weighted by molar-refractivity contribution is 7.98. The minimum Gasteiger partial charge on any atom is -0.322 e. The normalized spacial score (nSPS) is 11.2. The second kappa shape index (κ2) is 8.40. The maximum Gasteiger partial charge on any atom is 0.255 e. The van der Waals surface area contributed by atoms with Crippen molar-refractivity contribution in [2.24, 2.45) is 0 Å². The van der Waals surface area contributed by atoms with E-state index in [1.165, 1.54) is 4.31 Å². The van der Waals surface area contributed by atoms with E-state index in [-0.39, 0.29) is 11.7 Å². The fourth-order valence-corrected chi connectivity index (χ4v) is 3.99. The summed E-state index contributed by atoms with van der Waals surface area (Å²) in [5.41, 5.74) is 1.76. The van der Waals surface area contributed by atoms with Gasteiger partial charge in [-0.05, 0) is 62.6 Å². The van der Waals surface area contributed by atoms with Gasteiger partial charge in [0.05, 0.1) is 11.4 Å². The van der Waals surface area contributed by atoms with Gasteiger partial charge in [-0.15, -0.1) is 11.8 Å². The number of hydrogen-bond acceptors (Lipinski definition) is 4. The number of nitrogens with one attached hydrogen (secondary N) is 1. The highest BCUT2D eigenvalue weighted by atomic mass is 32.2. The van der Waals surface area contributed by atoms with Crippen LogP contribution in [0.3, 0.4) is 0 Å². The number of hydrogen-bond donors (Lipinski definition) is 1. The predicted octanol–water partition coefficient (Wildman–Crippen LogP) is 3.84. The molecule has 0 bridgehead atoms. The molecule has 0 aliphatic heterocycles. The Morgan fingerprint density at radius 2 is 1.80 bits per heavy atom. The minimum absolute atomic E-state index is 0.0366. The van der Waals surface area contributed by atoms with Gasteiger partial charge in [-0.3, -0.25) is 9.10 Å². The average Bonchev–Trinajstić information content (AvgIpc) is 2.62. The molecule has 5 nitrogen and oxygen atoms in total. The molecule has 0 radical (unpaired) electrons. The van der Waals surface area contributed by atoms with E-state index in [2.05, 4.69) is 5.32 Å². The first kappa shape index (κ1) is 19.3. The molecule has 0 fully saturated rings. The molecular weight excluding hydrogens is 356 g/mol. The van der Waals surface area contributed by atoms with Crippen molar-refractivity contribution in [3.8, 4) is 0 Å². The average molecular weight is 379 g/mol. The molecule has 2 aromatic rings. The standard InChI is InChI=1S/C18H22N2O3S2/c1-4-20(25(22,23)5-2)16-11-9-14(10-12-16)18(21)19-15-7-6-8-17(13-15)24-3/h6-13H,4-5H2,1-3H3,(H,19,21). The van der Waals surface area contributed by atoms with Gasteiger partial charge in [-0.2, -0.15) is 0 Å². The van der Waals surface area contributed by atoms with Crippen LogP contribution in [0.5, 0.6) is 0 Å². The summed E-state index contributed by atoms with van der Waals surface area (Å²) >= 11 is 1.60. The third-order valence-electron chi connectivity index (χ3n) is 3.73. The first-order valence-corrected chi connectivity index (χ1v) is 10.8. The quantitative estimate of drug-likeness (QED) is 0.744. The van der Waals surface area contributed by atoms with Crippen LogP contribution >= 0.6 is 11.8 Å². The summed E-state index contributed by atoms with van der Waals surface area (Å²) in [5.74, 6) is -0.194. The van der Waals surface area contributed by atoms with Gasteiger partial charge in [0.25, 0.3) is 5.91 Å². The molecule has 0 spiro atoms. The van der Waals surface area contributed by atoms with Gasteiger partial charge in [-0.25, -0.2) is 8.42 Å². The monoisotopic (exact) mass is 378 g/mol. The smallest absolute Gasteiger partial charge is 0.255 e. The second-order valence-corrected chi connectivity index (χ2v) is 8.36. The van der Waals surface area contributed by atoms with Crippen LogP contribution in [-0.4, -0.2) is 32.9 Å². The van der Waals surface area contributed by atoms with Crippen molar-refractivity contribution in [1.82, 2.24) is 0 Å². The summed E-state index contributed by atoms with van der Waals surface area (Å²) in [7, 11) is -3.32. The number of sulfonamides is 1. The zero-order chi connectivity index (χ0) is 18.4. The summed E-state index contributed by atoms with van der Waals surface area (Å²) in [5, 5.41) is 2.85. The molecule has 134 valence electrons. The van der Waals surface area contributed by atoms with Gasteiger partial charge >= 0.3 is 0 Å². The lowest BCUT2D eigenvalue weighted by Gasteiger charge is -2.22. The highest BCUT2D eigenvalue weighted by Gasteiger charge is 2.19. The zero-order valence-corrected chi connectivity index (χ0v) is 16.2. The van der Waals surface area contributed by atoms with E-state index in [0.717, 1.165) is 10.6 Å². The molecule has 0 aliphatic rings. The van der Waals surface area contributed by atoms with Crippen LogP contribution in [0.15, 0.2) is 53.4 Å². The van der Waals surface area contributed by atoms with Crippen molar-refractivity contribution in [3.63, 3.8) is 0 Å². The number of anilines is 2. The number of carbonyl (C=O) groups is 1. The molecule has 0 saturated heterocycles. The van der Waals surface area contributed by atoms with Crippen LogP contribution in [0.1, 0.15) is 24.2 Å². The lowest BCUT2D eigenvalue weighted by atomic mass is 10.2. The molecule has 0 aliphatic carbocycles. The van der Waals surface area contributed by atoms with Gasteiger partial charge in [0.1, 0.15) is 0 Å². The Balaban J connectivity index is 2.17. The number of benzene rings is 2. The molecule has 25 heavy (non-hydrogen) atoms. The number of thioether (sulfide) groups is 1. The summed E-state index contributed by atoms with van der Waals surface area (Å²) < 4.78 is 25.5. The van der Waals surface area contributed by atoms with E-state index in [1.54, 1.807) is 49.9 Å². The molecule has 0 aromatic heterocycles. The van der Waals surface area contributed by atoms with E-state index in [1.807, 2.05) is 30.5 Å². The van der Waals surface area contributed by atoms with Crippen molar-refractivity contribution in [1.29, 1.82) is 0 Å². The fraction of sp³-hybridized carbons (Fsp3) is 0.278. The van der Waals surface area contributed by atoms with Crippen LogP contribution in [0, 0.1) is 0 Å². The van der Waals surface area contributed by atoms with E-state index >= 15 is 0 Å². The van der Waals surface area contributed by atoms with E-state index in [4.69, 9.17) is 0 Å². The molecule has 1 N–H and O–H groups in total. The molecule has 7 heteroatoms. The predicted molar refractivity (Wildman–Crippen MR) is 105 cm³/mol. The summed E-state index contributed by atoms with van der Waals surface area (Å²) in [6.45, 7) is 3.75. The van der Waals surface area contributed by atoms with Crippen molar-refractivity contribution >= 4 is 39.1 Å². The van der Waals surface area contributed by atoms with Crippen LogP contribution in [0.2, 0.25) is 0 Å². The zero-order valence-electron chi connectivity index (χ0n) is 14.5. The van der Waals surface area contributed by atoms with Crippen molar-refractivity contribution in [3.05, 3.63) is 54.1 Å². The van der Waals surface area contributed by atoms with Crippen LogP contribution in [0.4, 0.5) is 11.4 Å². The Labute approximate surface area is 153 Å². The Hall–Kier alpha value is -1.99. The van der Waals surface area contributed by atoms with Crippen molar-refractivity contribution < 1.29 is 13.2 Å². The Morgan fingerprint density at radius 1 is 1.12 bits per heavy atom. The third-order valence-corrected chi connectivity index (χ3v) is 6.33. The number of amides is 1. The summed E-state index contributed by atoms with van der Waals surface area (Å²) in [4.78, 5) is 13.4. The topological polar surface area (TPSA) is 66.5 Å².